The highest BCUT2D eigenvalue weighted by atomic mass is 35.5. The van der Waals surface area contributed by atoms with Gasteiger partial charge in [-0.05, 0) is 26.7 Å². The van der Waals surface area contributed by atoms with Crippen LogP contribution in [0.15, 0.2) is 0 Å². The van der Waals surface area contributed by atoms with Gasteiger partial charge in [0.2, 0.25) is 0 Å². The Kier molecular flexibility index (Phi) is 2.98. The number of hydrogen-bond acceptors (Lipinski definition) is 4. The van der Waals surface area contributed by atoms with E-state index in [9.17, 15) is 8.42 Å². The SMILES string of the molecule is CC(C)(c1nnc(CCl)n1C1CC1)S(C)(=O)=O. The number of nitrogens with zero attached hydrogens (tertiary/aromatic N) is 3. The van der Waals surface area contributed by atoms with Gasteiger partial charge in [-0.1, -0.05) is 0 Å². The number of rotatable bonds is 4. The van der Waals surface area contributed by atoms with E-state index in [-0.39, 0.29) is 5.88 Å². The molecule has 17 heavy (non-hydrogen) atoms. The molecule has 0 N–H and O–H groups in total. The first-order chi connectivity index (χ1) is 7.79. The first-order valence-electron chi connectivity index (χ1n) is 5.49. The van der Waals surface area contributed by atoms with Crippen LogP contribution in [0.3, 0.4) is 0 Å². The summed E-state index contributed by atoms with van der Waals surface area (Å²) in [6.45, 7) is 3.31. The van der Waals surface area contributed by atoms with Gasteiger partial charge in [-0.3, -0.25) is 0 Å². The predicted molar refractivity (Wildman–Crippen MR) is 65.7 cm³/mol. The van der Waals surface area contributed by atoms with Gasteiger partial charge in [0.05, 0.1) is 5.88 Å². The molecule has 96 valence electrons. The van der Waals surface area contributed by atoms with E-state index < -0.39 is 14.6 Å². The average Bonchev–Trinajstić information content (AvgIpc) is 2.95. The van der Waals surface area contributed by atoms with Crippen LogP contribution in [0.2, 0.25) is 0 Å². The van der Waals surface area contributed by atoms with Gasteiger partial charge >= 0.3 is 0 Å². The number of sulfone groups is 1. The Morgan fingerprint density at radius 1 is 1.41 bits per heavy atom. The Labute approximate surface area is 106 Å². The molecule has 0 unspecified atom stereocenters. The van der Waals surface area contributed by atoms with Crippen LogP contribution in [0.4, 0.5) is 0 Å². The van der Waals surface area contributed by atoms with Crippen LogP contribution in [0.25, 0.3) is 0 Å². The van der Waals surface area contributed by atoms with Crippen LogP contribution >= 0.6 is 11.6 Å². The number of halogens is 1. The molecule has 0 radical (unpaired) electrons. The highest BCUT2D eigenvalue weighted by molar-refractivity contribution is 7.91. The maximum atomic E-state index is 11.8. The van der Waals surface area contributed by atoms with E-state index in [1.165, 1.54) is 6.26 Å². The van der Waals surface area contributed by atoms with Crippen molar-refractivity contribution in [3.8, 4) is 0 Å². The molecule has 5 nitrogen and oxygen atoms in total. The number of hydrogen-bond donors (Lipinski definition) is 0. The highest BCUT2D eigenvalue weighted by Gasteiger charge is 2.41. The minimum Gasteiger partial charge on any atom is -0.310 e. The molecule has 1 aromatic heterocycles. The molecule has 0 spiro atoms. The predicted octanol–water partition coefficient (Wildman–Crippen LogP) is 1.63. The van der Waals surface area contributed by atoms with Crippen LogP contribution in [-0.2, 0) is 20.5 Å². The third kappa shape index (κ3) is 2.08. The Balaban J connectivity index is 2.56. The standard InChI is InChI=1S/C10H16ClN3O2S/c1-10(2,17(3,15)16)9-13-12-8(6-11)14(9)7-4-5-7/h7H,4-6H2,1-3H3. The summed E-state index contributed by atoms with van der Waals surface area (Å²) in [5.74, 6) is 1.41. The van der Waals surface area contributed by atoms with E-state index in [2.05, 4.69) is 10.2 Å². The molecule has 0 amide bonds. The van der Waals surface area contributed by atoms with Gasteiger partial charge < -0.3 is 4.57 Å². The third-order valence-electron chi connectivity index (χ3n) is 3.26. The smallest absolute Gasteiger partial charge is 0.159 e. The summed E-state index contributed by atoms with van der Waals surface area (Å²) in [4.78, 5) is 0. The van der Waals surface area contributed by atoms with Gasteiger partial charge in [-0.25, -0.2) is 8.42 Å². The van der Waals surface area contributed by atoms with Crippen molar-refractivity contribution in [3.63, 3.8) is 0 Å². The second kappa shape index (κ2) is 3.95. The van der Waals surface area contributed by atoms with Crippen LogP contribution in [0.5, 0.6) is 0 Å². The molecule has 0 aromatic carbocycles. The maximum absolute atomic E-state index is 11.8. The first-order valence-corrected chi connectivity index (χ1v) is 7.91. The van der Waals surface area contributed by atoms with Gasteiger partial charge in [0.1, 0.15) is 10.6 Å². The summed E-state index contributed by atoms with van der Waals surface area (Å²) >= 11 is 5.81. The monoisotopic (exact) mass is 277 g/mol. The quantitative estimate of drug-likeness (QED) is 0.785. The van der Waals surface area contributed by atoms with Gasteiger partial charge in [0, 0.05) is 12.3 Å². The largest absolute Gasteiger partial charge is 0.310 e. The summed E-state index contributed by atoms with van der Waals surface area (Å²) in [7, 11) is -3.24. The van der Waals surface area contributed by atoms with Crippen molar-refractivity contribution in [1.29, 1.82) is 0 Å². The van der Waals surface area contributed by atoms with Gasteiger partial charge in [0.25, 0.3) is 0 Å². The molecule has 1 aliphatic carbocycles. The van der Waals surface area contributed by atoms with Crippen LogP contribution in [-0.4, -0.2) is 29.4 Å². The summed E-state index contributed by atoms with van der Waals surface area (Å²) in [6, 6.07) is 0.315. The third-order valence-corrected chi connectivity index (χ3v) is 5.54. The van der Waals surface area contributed by atoms with E-state index in [4.69, 9.17) is 11.6 Å². The molecule has 1 heterocycles. The second-order valence-corrected chi connectivity index (χ2v) is 7.79. The molecule has 2 rings (SSSR count). The Morgan fingerprint density at radius 2 is 2.00 bits per heavy atom. The van der Waals surface area contributed by atoms with Crippen LogP contribution in [0.1, 0.15) is 44.4 Å². The maximum Gasteiger partial charge on any atom is 0.159 e. The van der Waals surface area contributed by atoms with Crippen molar-refractivity contribution in [3.05, 3.63) is 11.6 Å². The molecule has 0 saturated heterocycles. The lowest BCUT2D eigenvalue weighted by molar-refractivity contribution is 0.527. The molecule has 1 aromatic rings. The fourth-order valence-corrected chi connectivity index (χ4v) is 2.36. The van der Waals surface area contributed by atoms with Gasteiger partial charge in [0.15, 0.2) is 15.7 Å². The van der Waals surface area contributed by atoms with Crippen LogP contribution in [0, 0.1) is 0 Å². The van der Waals surface area contributed by atoms with E-state index in [1.807, 2.05) is 4.57 Å². The van der Waals surface area contributed by atoms with Crippen molar-refractivity contribution in [2.45, 2.75) is 43.4 Å². The van der Waals surface area contributed by atoms with E-state index in [1.54, 1.807) is 13.8 Å². The summed E-state index contributed by atoms with van der Waals surface area (Å²) in [5.41, 5.74) is 0. The first kappa shape index (κ1) is 12.8. The fourth-order valence-electron chi connectivity index (χ4n) is 1.71. The summed E-state index contributed by atoms with van der Waals surface area (Å²) < 4.78 is 24.5. The Morgan fingerprint density at radius 3 is 2.41 bits per heavy atom. The zero-order valence-electron chi connectivity index (χ0n) is 10.1. The van der Waals surface area contributed by atoms with Crippen molar-refractivity contribution >= 4 is 21.4 Å². The lowest BCUT2D eigenvalue weighted by Gasteiger charge is -2.22. The minimum atomic E-state index is -3.24. The zero-order valence-corrected chi connectivity index (χ0v) is 11.7. The number of alkyl halides is 1. The molecule has 0 aliphatic heterocycles. The molecular formula is C10H16ClN3O2S. The molecule has 0 atom stereocenters. The van der Waals surface area contributed by atoms with E-state index >= 15 is 0 Å². The molecule has 1 saturated carbocycles. The number of aromatic nitrogens is 3. The minimum absolute atomic E-state index is 0.253. The lowest BCUT2D eigenvalue weighted by atomic mass is 10.2. The lowest BCUT2D eigenvalue weighted by Crippen LogP contribution is -2.32. The Bertz CT molecular complexity index is 532. The molecule has 7 heteroatoms. The molecular weight excluding hydrogens is 262 g/mol. The fraction of sp³-hybridized carbons (Fsp3) is 0.800. The van der Waals surface area contributed by atoms with E-state index in [0.29, 0.717) is 17.7 Å². The summed E-state index contributed by atoms with van der Waals surface area (Å²) in [5, 5.41) is 8.03. The van der Waals surface area contributed by atoms with Gasteiger partial charge in [-0.2, -0.15) is 0 Å². The summed E-state index contributed by atoms with van der Waals surface area (Å²) in [6.07, 6.45) is 3.29. The normalized spacial score (nSPS) is 17.4. The van der Waals surface area contributed by atoms with Crippen molar-refractivity contribution in [1.82, 2.24) is 14.8 Å². The molecule has 0 bridgehead atoms. The van der Waals surface area contributed by atoms with Crippen LogP contribution < -0.4 is 0 Å². The molecule has 1 fully saturated rings. The second-order valence-electron chi connectivity index (χ2n) is 4.96. The molecule has 1 aliphatic rings. The van der Waals surface area contributed by atoms with Crippen molar-refractivity contribution in [2.75, 3.05) is 6.26 Å². The van der Waals surface area contributed by atoms with E-state index in [0.717, 1.165) is 12.8 Å². The highest BCUT2D eigenvalue weighted by Crippen LogP contribution is 2.40. The van der Waals surface area contributed by atoms with Crippen molar-refractivity contribution in [2.24, 2.45) is 0 Å². The average molecular weight is 278 g/mol. The zero-order chi connectivity index (χ0) is 12.8. The van der Waals surface area contributed by atoms with Gasteiger partial charge in [-0.15, -0.1) is 21.8 Å². The topological polar surface area (TPSA) is 64.8 Å². The Hall–Kier alpha value is -0.620. The van der Waals surface area contributed by atoms with Crippen molar-refractivity contribution < 1.29 is 8.42 Å².